The molecule has 0 radical (unpaired) electrons. The Labute approximate surface area is 116 Å². The summed E-state index contributed by atoms with van der Waals surface area (Å²) in [5.74, 6) is 0.310. The molecule has 0 unspecified atom stereocenters. The van der Waals surface area contributed by atoms with Crippen molar-refractivity contribution in [3.8, 4) is 0 Å². The van der Waals surface area contributed by atoms with Crippen LogP contribution in [-0.4, -0.2) is 29.0 Å². The number of amides is 1. The van der Waals surface area contributed by atoms with Crippen molar-refractivity contribution >= 4 is 22.9 Å². The lowest BCUT2D eigenvalue weighted by atomic mass is 10.2. The summed E-state index contributed by atoms with van der Waals surface area (Å²) in [5.41, 5.74) is 2.83. The normalized spacial score (nSPS) is 10.5. The smallest absolute Gasteiger partial charge is 0.306 e. The van der Waals surface area contributed by atoms with Gasteiger partial charge in [0.05, 0.1) is 24.6 Å². The quantitative estimate of drug-likeness (QED) is 0.809. The van der Waals surface area contributed by atoms with E-state index in [1.54, 1.807) is 0 Å². The Hall–Kier alpha value is -2.37. The van der Waals surface area contributed by atoms with Crippen LogP contribution in [0.1, 0.15) is 24.2 Å². The summed E-state index contributed by atoms with van der Waals surface area (Å²) in [6.07, 6.45) is 0.235. The van der Waals surface area contributed by atoms with Crippen LogP contribution >= 0.6 is 0 Å². The number of aromatic amines is 1. The van der Waals surface area contributed by atoms with Crippen molar-refractivity contribution in [2.45, 2.75) is 26.3 Å². The molecule has 1 heterocycles. The van der Waals surface area contributed by atoms with Crippen LogP contribution in [0.15, 0.2) is 18.2 Å². The molecule has 0 fully saturated rings. The minimum Gasteiger partial charge on any atom is -0.469 e. The monoisotopic (exact) mass is 275 g/mol. The molecule has 106 valence electrons. The highest BCUT2D eigenvalue weighted by Crippen LogP contribution is 2.13. The second kappa shape index (κ2) is 6.18. The highest BCUT2D eigenvalue weighted by molar-refractivity contribution is 5.81. The molecule has 0 aliphatic carbocycles. The Bertz CT molecular complexity index is 634. The van der Waals surface area contributed by atoms with Crippen molar-refractivity contribution in [3.05, 3.63) is 29.6 Å². The highest BCUT2D eigenvalue weighted by atomic mass is 16.5. The summed E-state index contributed by atoms with van der Waals surface area (Å²) in [7, 11) is 1.31. The molecule has 20 heavy (non-hydrogen) atoms. The molecule has 1 aromatic carbocycles. The van der Waals surface area contributed by atoms with Crippen LogP contribution in [0.4, 0.5) is 0 Å². The summed E-state index contributed by atoms with van der Waals surface area (Å²) < 4.78 is 4.48. The molecular formula is C14H17N3O3. The number of carbonyl (C=O) groups is 2. The van der Waals surface area contributed by atoms with E-state index in [1.165, 1.54) is 7.11 Å². The Kier molecular flexibility index (Phi) is 4.34. The Morgan fingerprint density at radius 1 is 1.35 bits per heavy atom. The summed E-state index contributed by atoms with van der Waals surface area (Å²) in [4.78, 5) is 30.0. The Balaban J connectivity index is 1.88. The first-order chi connectivity index (χ1) is 9.58. The molecular weight excluding hydrogens is 258 g/mol. The van der Waals surface area contributed by atoms with Crippen molar-refractivity contribution < 1.29 is 14.3 Å². The number of carbonyl (C=O) groups excluding carboxylic acids is 2. The lowest BCUT2D eigenvalue weighted by Crippen LogP contribution is -2.23. The van der Waals surface area contributed by atoms with Gasteiger partial charge in [0, 0.05) is 13.0 Å². The molecule has 2 rings (SSSR count). The van der Waals surface area contributed by atoms with Crippen molar-refractivity contribution in [2.24, 2.45) is 0 Å². The van der Waals surface area contributed by atoms with Gasteiger partial charge in [0.25, 0.3) is 0 Å². The Morgan fingerprint density at radius 3 is 2.90 bits per heavy atom. The van der Waals surface area contributed by atoms with E-state index in [2.05, 4.69) is 20.0 Å². The maximum absolute atomic E-state index is 11.6. The SMILES string of the molecule is COC(=O)CCC(=O)NCc1ccc2nc(C)[nH]c2c1. The topological polar surface area (TPSA) is 84.1 Å². The number of imidazole rings is 1. The standard InChI is InChI=1S/C14H17N3O3/c1-9-16-11-4-3-10(7-12(11)17-9)8-15-13(18)5-6-14(19)20-2/h3-4,7H,5-6,8H2,1-2H3,(H,15,18)(H,16,17). The molecule has 0 saturated heterocycles. The maximum Gasteiger partial charge on any atom is 0.306 e. The van der Waals surface area contributed by atoms with Gasteiger partial charge >= 0.3 is 5.97 Å². The van der Waals surface area contributed by atoms with E-state index in [1.807, 2.05) is 25.1 Å². The van der Waals surface area contributed by atoms with E-state index in [0.717, 1.165) is 22.4 Å². The van der Waals surface area contributed by atoms with Gasteiger partial charge in [-0.2, -0.15) is 0 Å². The highest BCUT2D eigenvalue weighted by Gasteiger charge is 2.07. The molecule has 6 nitrogen and oxygen atoms in total. The van der Waals surface area contributed by atoms with Gasteiger partial charge in [-0.3, -0.25) is 9.59 Å². The molecule has 1 aromatic heterocycles. The second-order valence-electron chi connectivity index (χ2n) is 4.53. The van der Waals surface area contributed by atoms with Crippen LogP contribution in [0.25, 0.3) is 11.0 Å². The third-order valence-corrected chi connectivity index (χ3v) is 2.94. The van der Waals surface area contributed by atoms with Crippen molar-refractivity contribution in [1.29, 1.82) is 0 Å². The van der Waals surface area contributed by atoms with Crippen LogP contribution in [0, 0.1) is 6.92 Å². The molecule has 1 amide bonds. The van der Waals surface area contributed by atoms with Crippen molar-refractivity contribution in [1.82, 2.24) is 15.3 Å². The first kappa shape index (κ1) is 14.0. The first-order valence-electron chi connectivity index (χ1n) is 6.37. The average molecular weight is 275 g/mol. The van der Waals surface area contributed by atoms with Gasteiger partial charge in [0.15, 0.2) is 0 Å². The van der Waals surface area contributed by atoms with E-state index >= 15 is 0 Å². The molecule has 0 saturated carbocycles. The van der Waals surface area contributed by atoms with Crippen LogP contribution in [0.5, 0.6) is 0 Å². The number of aromatic nitrogens is 2. The zero-order chi connectivity index (χ0) is 14.5. The average Bonchev–Trinajstić information content (AvgIpc) is 2.81. The fourth-order valence-corrected chi connectivity index (χ4v) is 1.90. The van der Waals surface area contributed by atoms with Crippen LogP contribution in [-0.2, 0) is 20.9 Å². The third kappa shape index (κ3) is 3.57. The van der Waals surface area contributed by atoms with Crippen molar-refractivity contribution in [2.75, 3.05) is 7.11 Å². The minimum atomic E-state index is -0.380. The van der Waals surface area contributed by atoms with Crippen LogP contribution in [0.2, 0.25) is 0 Å². The molecule has 2 N–H and O–H groups in total. The predicted molar refractivity (Wildman–Crippen MR) is 73.9 cm³/mol. The lowest BCUT2D eigenvalue weighted by Gasteiger charge is -2.05. The molecule has 0 aliphatic heterocycles. The van der Waals surface area contributed by atoms with Crippen molar-refractivity contribution in [3.63, 3.8) is 0 Å². The number of hydrogen-bond acceptors (Lipinski definition) is 4. The second-order valence-corrected chi connectivity index (χ2v) is 4.53. The summed E-state index contributed by atoms with van der Waals surface area (Å²) in [5, 5.41) is 2.77. The van der Waals surface area contributed by atoms with Gasteiger partial charge in [-0.05, 0) is 24.6 Å². The molecule has 0 spiro atoms. The fraction of sp³-hybridized carbons (Fsp3) is 0.357. The van der Waals surface area contributed by atoms with E-state index in [4.69, 9.17) is 0 Å². The number of methoxy groups -OCH3 is 1. The minimum absolute atomic E-state index is 0.0983. The van der Waals surface area contributed by atoms with Gasteiger partial charge in [0.2, 0.25) is 5.91 Å². The number of ether oxygens (including phenoxy) is 1. The van der Waals surface area contributed by atoms with E-state index < -0.39 is 0 Å². The molecule has 2 aromatic rings. The van der Waals surface area contributed by atoms with Gasteiger partial charge in [-0.25, -0.2) is 4.98 Å². The zero-order valence-electron chi connectivity index (χ0n) is 11.5. The number of esters is 1. The number of aryl methyl sites for hydroxylation is 1. The first-order valence-corrected chi connectivity index (χ1v) is 6.37. The van der Waals surface area contributed by atoms with Crippen LogP contribution in [0.3, 0.4) is 0 Å². The van der Waals surface area contributed by atoms with E-state index in [0.29, 0.717) is 6.54 Å². The summed E-state index contributed by atoms with van der Waals surface area (Å²) in [6, 6.07) is 5.79. The largest absolute Gasteiger partial charge is 0.469 e. The zero-order valence-corrected chi connectivity index (χ0v) is 11.5. The molecule has 6 heteroatoms. The maximum atomic E-state index is 11.6. The number of rotatable bonds is 5. The molecule has 0 bridgehead atoms. The number of H-pyrrole nitrogens is 1. The number of hydrogen-bond donors (Lipinski definition) is 2. The molecule has 0 aliphatic rings. The molecule has 0 atom stereocenters. The number of fused-ring (bicyclic) bond motifs is 1. The summed E-state index contributed by atoms with van der Waals surface area (Å²) in [6.45, 7) is 2.32. The van der Waals surface area contributed by atoms with Gasteiger partial charge in [-0.1, -0.05) is 6.07 Å². The predicted octanol–water partition coefficient (Wildman–Crippen LogP) is 1.44. The van der Waals surface area contributed by atoms with Gasteiger partial charge < -0.3 is 15.0 Å². The number of benzene rings is 1. The number of nitrogens with one attached hydrogen (secondary N) is 2. The van der Waals surface area contributed by atoms with E-state index in [9.17, 15) is 9.59 Å². The van der Waals surface area contributed by atoms with Gasteiger partial charge in [0.1, 0.15) is 5.82 Å². The summed E-state index contributed by atoms with van der Waals surface area (Å²) >= 11 is 0. The van der Waals surface area contributed by atoms with Crippen LogP contribution < -0.4 is 5.32 Å². The number of nitrogens with zero attached hydrogens (tertiary/aromatic N) is 1. The third-order valence-electron chi connectivity index (χ3n) is 2.94. The Morgan fingerprint density at radius 2 is 2.15 bits per heavy atom. The van der Waals surface area contributed by atoms with Gasteiger partial charge in [-0.15, -0.1) is 0 Å². The van der Waals surface area contributed by atoms with E-state index in [-0.39, 0.29) is 24.7 Å². The lowest BCUT2D eigenvalue weighted by molar-refractivity contribution is -0.142. The fourth-order valence-electron chi connectivity index (χ4n) is 1.90.